The molecule has 0 aliphatic carbocycles. The fraction of sp³-hybridized carbons (Fsp3) is 0.579. The Morgan fingerprint density at radius 1 is 1.21 bits per heavy atom. The molecule has 4 unspecified atom stereocenters. The van der Waals surface area contributed by atoms with E-state index in [1.807, 2.05) is 0 Å². The Kier molecular flexibility index (Phi) is 9.30. The number of imidazole rings is 1. The summed E-state index contributed by atoms with van der Waals surface area (Å²) in [6.07, 6.45) is 2.81. The highest BCUT2D eigenvalue weighted by molar-refractivity contribution is 5.94. The summed E-state index contributed by atoms with van der Waals surface area (Å²) in [5, 5.41) is 32.2. The van der Waals surface area contributed by atoms with Crippen molar-refractivity contribution in [1.29, 1.82) is 0 Å². The zero-order valence-corrected chi connectivity index (χ0v) is 17.8. The lowest BCUT2D eigenvalue weighted by Gasteiger charge is -2.29. The van der Waals surface area contributed by atoms with Gasteiger partial charge in [-0.05, 0) is 19.3 Å². The van der Waals surface area contributed by atoms with Crippen molar-refractivity contribution in [3.8, 4) is 0 Å². The molecule has 0 saturated carbocycles. The van der Waals surface area contributed by atoms with Crippen molar-refractivity contribution in [3.05, 3.63) is 18.2 Å². The highest BCUT2D eigenvalue weighted by Crippen LogP contribution is 2.20. The highest BCUT2D eigenvalue weighted by Gasteiger charge is 2.39. The number of aromatic nitrogens is 2. The standard InChI is InChI=1S/C19H28N6O8/c20-11(8-26)16(29)23-12(3-4-15(27)28)18(31)25-5-1-2-14(25)17(30)24-13(19(32)33)6-10-7-21-9-22-10/h7,9,11-14,26H,1-6,8,20H2,(H,21,22)(H,23,29)(H,24,30)(H,27,28)(H,32,33). The summed E-state index contributed by atoms with van der Waals surface area (Å²) in [4.78, 5) is 68.3. The number of aliphatic hydroxyl groups is 1. The lowest BCUT2D eigenvalue weighted by Crippen LogP contribution is -2.57. The van der Waals surface area contributed by atoms with Crippen LogP contribution >= 0.6 is 0 Å². The first-order valence-corrected chi connectivity index (χ1v) is 10.3. The molecule has 14 heteroatoms. The molecular formula is C19H28N6O8. The van der Waals surface area contributed by atoms with Gasteiger partial charge >= 0.3 is 11.9 Å². The maximum Gasteiger partial charge on any atom is 0.326 e. The number of aliphatic hydroxyl groups excluding tert-OH is 1. The molecule has 2 rings (SSSR count). The van der Waals surface area contributed by atoms with E-state index >= 15 is 0 Å². The van der Waals surface area contributed by atoms with E-state index in [9.17, 15) is 29.1 Å². The number of hydrogen-bond donors (Lipinski definition) is 7. The summed E-state index contributed by atoms with van der Waals surface area (Å²) in [7, 11) is 0. The Hall–Kier alpha value is -3.52. The van der Waals surface area contributed by atoms with Gasteiger partial charge in [0, 0.05) is 31.3 Å². The van der Waals surface area contributed by atoms with Gasteiger partial charge in [0.2, 0.25) is 17.7 Å². The monoisotopic (exact) mass is 468 g/mol. The summed E-state index contributed by atoms with van der Waals surface area (Å²) in [6, 6.07) is -4.83. The maximum atomic E-state index is 13.1. The molecule has 1 aromatic rings. The van der Waals surface area contributed by atoms with Gasteiger partial charge in [-0.3, -0.25) is 19.2 Å². The molecule has 1 saturated heterocycles. The molecular weight excluding hydrogens is 440 g/mol. The number of carboxylic acids is 2. The summed E-state index contributed by atoms with van der Waals surface area (Å²) in [5.41, 5.74) is 5.96. The molecule has 33 heavy (non-hydrogen) atoms. The number of H-pyrrole nitrogens is 1. The second-order valence-corrected chi connectivity index (χ2v) is 7.65. The molecule has 0 aromatic carbocycles. The van der Waals surface area contributed by atoms with Gasteiger partial charge in [0.15, 0.2) is 0 Å². The first kappa shape index (κ1) is 25.7. The molecule has 0 radical (unpaired) electrons. The van der Waals surface area contributed by atoms with Crippen molar-refractivity contribution >= 4 is 29.7 Å². The van der Waals surface area contributed by atoms with Gasteiger partial charge in [-0.1, -0.05) is 0 Å². The number of carbonyl (C=O) groups is 5. The predicted octanol–water partition coefficient (Wildman–Crippen LogP) is -2.82. The number of nitrogens with zero attached hydrogens (tertiary/aromatic N) is 2. The minimum atomic E-state index is -1.30. The fourth-order valence-electron chi connectivity index (χ4n) is 3.47. The molecule has 4 atom stereocenters. The number of carbonyl (C=O) groups excluding carboxylic acids is 3. The van der Waals surface area contributed by atoms with E-state index in [-0.39, 0.29) is 25.8 Å². The third-order valence-corrected chi connectivity index (χ3v) is 5.23. The molecule has 8 N–H and O–H groups in total. The Balaban J connectivity index is 2.12. The topological polar surface area (TPSA) is 228 Å². The van der Waals surface area contributed by atoms with Crippen LogP contribution in [0.2, 0.25) is 0 Å². The minimum Gasteiger partial charge on any atom is -0.481 e. The van der Waals surface area contributed by atoms with Gasteiger partial charge in [-0.25, -0.2) is 9.78 Å². The molecule has 0 spiro atoms. The summed E-state index contributed by atoms with van der Waals surface area (Å²) >= 11 is 0. The van der Waals surface area contributed by atoms with Crippen LogP contribution in [0.15, 0.2) is 12.5 Å². The summed E-state index contributed by atoms with van der Waals surface area (Å²) < 4.78 is 0. The number of aromatic amines is 1. The first-order valence-electron chi connectivity index (χ1n) is 10.3. The Morgan fingerprint density at radius 2 is 1.94 bits per heavy atom. The van der Waals surface area contributed by atoms with Crippen LogP contribution in [-0.4, -0.2) is 97.2 Å². The normalized spacial score (nSPS) is 18.2. The van der Waals surface area contributed by atoms with Gasteiger partial charge in [-0.15, -0.1) is 0 Å². The Labute approximate surface area is 188 Å². The Bertz CT molecular complexity index is 860. The molecule has 1 aliphatic rings. The smallest absolute Gasteiger partial charge is 0.326 e. The van der Waals surface area contributed by atoms with Crippen LogP contribution in [0.4, 0.5) is 0 Å². The van der Waals surface area contributed by atoms with E-state index in [0.717, 1.165) is 0 Å². The maximum absolute atomic E-state index is 13.1. The number of likely N-dealkylation sites (tertiary alicyclic amines) is 1. The van der Waals surface area contributed by atoms with Crippen LogP contribution < -0.4 is 16.4 Å². The molecule has 1 aliphatic heterocycles. The predicted molar refractivity (Wildman–Crippen MR) is 110 cm³/mol. The van der Waals surface area contributed by atoms with Crippen molar-refractivity contribution in [2.75, 3.05) is 13.2 Å². The third kappa shape index (κ3) is 7.25. The van der Waals surface area contributed by atoms with E-state index in [0.29, 0.717) is 12.1 Å². The van der Waals surface area contributed by atoms with E-state index in [2.05, 4.69) is 20.6 Å². The lowest BCUT2D eigenvalue weighted by atomic mass is 10.1. The van der Waals surface area contributed by atoms with E-state index in [1.54, 1.807) is 0 Å². The molecule has 1 fully saturated rings. The lowest BCUT2D eigenvalue weighted by molar-refractivity contribution is -0.145. The van der Waals surface area contributed by atoms with Gasteiger partial charge in [0.05, 0.1) is 12.9 Å². The number of hydrogen-bond acceptors (Lipinski definition) is 8. The molecule has 14 nitrogen and oxygen atoms in total. The number of aliphatic carboxylic acids is 2. The zero-order chi connectivity index (χ0) is 24.5. The van der Waals surface area contributed by atoms with Crippen LogP contribution in [0.3, 0.4) is 0 Å². The van der Waals surface area contributed by atoms with Crippen molar-refractivity contribution in [3.63, 3.8) is 0 Å². The first-order chi connectivity index (χ1) is 15.6. The number of amides is 3. The van der Waals surface area contributed by atoms with Crippen molar-refractivity contribution in [1.82, 2.24) is 25.5 Å². The fourth-order valence-corrected chi connectivity index (χ4v) is 3.47. The zero-order valence-electron chi connectivity index (χ0n) is 17.8. The average Bonchev–Trinajstić information content (AvgIpc) is 3.46. The number of rotatable bonds is 12. The van der Waals surface area contributed by atoms with Crippen LogP contribution in [-0.2, 0) is 30.4 Å². The van der Waals surface area contributed by atoms with Gasteiger partial charge in [0.1, 0.15) is 24.2 Å². The second kappa shape index (κ2) is 11.9. The van der Waals surface area contributed by atoms with Crippen molar-refractivity contribution in [2.24, 2.45) is 5.73 Å². The molecule has 2 heterocycles. The average molecular weight is 468 g/mol. The number of nitrogens with one attached hydrogen (secondary N) is 3. The highest BCUT2D eigenvalue weighted by atomic mass is 16.4. The van der Waals surface area contributed by atoms with E-state index < -0.39 is 66.9 Å². The largest absolute Gasteiger partial charge is 0.481 e. The van der Waals surface area contributed by atoms with Crippen molar-refractivity contribution < 1.29 is 39.3 Å². The third-order valence-electron chi connectivity index (χ3n) is 5.23. The van der Waals surface area contributed by atoms with Crippen molar-refractivity contribution in [2.45, 2.75) is 56.3 Å². The SMILES string of the molecule is NC(CO)C(=O)NC(CCC(=O)O)C(=O)N1CCCC1C(=O)NC(Cc1cnc[nH]1)C(=O)O. The molecule has 1 aromatic heterocycles. The van der Waals surface area contributed by atoms with Crippen LogP contribution in [0.25, 0.3) is 0 Å². The summed E-state index contributed by atoms with van der Waals surface area (Å²) in [5.74, 6) is -4.66. The molecule has 3 amide bonds. The summed E-state index contributed by atoms with van der Waals surface area (Å²) in [6.45, 7) is -0.506. The quantitative estimate of drug-likeness (QED) is 0.166. The molecule has 182 valence electrons. The van der Waals surface area contributed by atoms with Crippen LogP contribution in [0, 0.1) is 0 Å². The minimum absolute atomic E-state index is 0.0436. The van der Waals surface area contributed by atoms with Gasteiger partial charge in [0.25, 0.3) is 0 Å². The van der Waals surface area contributed by atoms with E-state index in [1.165, 1.54) is 17.4 Å². The van der Waals surface area contributed by atoms with Gasteiger partial charge in [-0.2, -0.15) is 0 Å². The van der Waals surface area contributed by atoms with Crippen LogP contribution in [0.1, 0.15) is 31.4 Å². The number of nitrogens with two attached hydrogens (primary N) is 1. The van der Waals surface area contributed by atoms with E-state index in [4.69, 9.17) is 15.9 Å². The van der Waals surface area contributed by atoms with Gasteiger partial charge < -0.3 is 41.6 Å². The second-order valence-electron chi connectivity index (χ2n) is 7.65. The Morgan fingerprint density at radius 3 is 2.52 bits per heavy atom. The molecule has 0 bridgehead atoms. The number of carboxylic acid groups (broad SMARTS) is 2. The van der Waals surface area contributed by atoms with Crippen LogP contribution in [0.5, 0.6) is 0 Å².